The normalized spacial score (nSPS) is 15.2. The third-order valence-corrected chi connectivity index (χ3v) is 4.94. The Balaban J connectivity index is 0.00000364. The van der Waals surface area contributed by atoms with Gasteiger partial charge in [-0.05, 0) is 43.3 Å². The number of nitro benzene ring substituents is 1. The average molecular weight is 417 g/mol. The van der Waals surface area contributed by atoms with Crippen LogP contribution in [0.2, 0.25) is 0 Å². The topological polar surface area (TPSA) is 127 Å². The predicted octanol–water partition coefficient (Wildman–Crippen LogP) is 1.72. The Morgan fingerprint density at radius 2 is 2.11 bits per heavy atom. The van der Waals surface area contributed by atoms with Crippen LogP contribution in [-0.2, 0) is 4.79 Å². The molecule has 0 aliphatic heterocycles. The molecule has 0 bridgehead atoms. The van der Waals surface area contributed by atoms with E-state index in [0.717, 1.165) is 12.8 Å². The van der Waals surface area contributed by atoms with Crippen molar-refractivity contribution in [3.63, 3.8) is 0 Å². The maximum absolute atomic E-state index is 12.4. The number of non-ortho nitro benzene ring substituents is 1. The molecule has 10 heteroatoms. The largest absolute Gasteiger partial charge is 0.353 e. The Hall–Kier alpha value is -1.84. The number of carbonyl (C=O) groups excluding carboxylic acids is 2. The van der Waals surface area contributed by atoms with Crippen molar-refractivity contribution < 1.29 is 14.5 Å². The molecule has 1 saturated carbocycles. The molecule has 8 nitrogen and oxygen atoms in total. The Labute approximate surface area is 168 Å². The molecule has 27 heavy (non-hydrogen) atoms. The SMILES string of the molecule is CSCCC(NC(=O)c1cccc([N+](=O)[O-])c1)C(=O)NCC(N)C1CC1.Cl. The second kappa shape index (κ2) is 11.1. The third kappa shape index (κ3) is 7.36. The van der Waals surface area contributed by atoms with E-state index < -0.39 is 16.9 Å². The summed E-state index contributed by atoms with van der Waals surface area (Å²) in [7, 11) is 0. The highest BCUT2D eigenvalue weighted by atomic mass is 35.5. The number of nitro groups is 1. The fraction of sp³-hybridized carbons (Fsp3) is 0.529. The number of rotatable bonds is 10. The van der Waals surface area contributed by atoms with Gasteiger partial charge in [0.25, 0.3) is 11.6 Å². The van der Waals surface area contributed by atoms with E-state index in [1.165, 1.54) is 24.3 Å². The fourth-order valence-electron chi connectivity index (χ4n) is 2.54. The van der Waals surface area contributed by atoms with Crippen LogP contribution < -0.4 is 16.4 Å². The molecule has 2 unspecified atom stereocenters. The summed E-state index contributed by atoms with van der Waals surface area (Å²) < 4.78 is 0. The number of halogens is 1. The van der Waals surface area contributed by atoms with Gasteiger partial charge < -0.3 is 16.4 Å². The van der Waals surface area contributed by atoms with Crippen LogP contribution in [0.3, 0.4) is 0 Å². The van der Waals surface area contributed by atoms with E-state index in [0.29, 0.717) is 24.6 Å². The molecule has 150 valence electrons. The zero-order chi connectivity index (χ0) is 19.1. The van der Waals surface area contributed by atoms with E-state index in [4.69, 9.17) is 5.73 Å². The molecule has 0 spiro atoms. The van der Waals surface area contributed by atoms with Crippen molar-refractivity contribution in [2.45, 2.75) is 31.3 Å². The summed E-state index contributed by atoms with van der Waals surface area (Å²) in [4.78, 5) is 35.1. The molecule has 1 aromatic rings. The van der Waals surface area contributed by atoms with Gasteiger partial charge in [0.2, 0.25) is 5.91 Å². The standard InChI is InChI=1S/C17H24N4O4S.ClH/c1-26-8-7-15(17(23)19-10-14(18)11-5-6-11)20-16(22)12-3-2-4-13(9-12)21(24)25;/h2-4,9,11,14-15H,5-8,10,18H2,1H3,(H,19,23)(H,20,22);1H. The molecule has 0 saturated heterocycles. The molecule has 2 rings (SSSR count). The number of thioether (sulfide) groups is 1. The van der Waals surface area contributed by atoms with Gasteiger partial charge in [0.05, 0.1) is 4.92 Å². The number of amides is 2. The number of hydrogen-bond acceptors (Lipinski definition) is 6. The minimum atomic E-state index is -0.708. The van der Waals surface area contributed by atoms with Crippen LogP contribution in [0.5, 0.6) is 0 Å². The fourth-order valence-corrected chi connectivity index (χ4v) is 3.01. The number of nitrogens with two attached hydrogens (primary N) is 1. The van der Waals surface area contributed by atoms with Crippen molar-refractivity contribution in [3.8, 4) is 0 Å². The van der Waals surface area contributed by atoms with Crippen LogP contribution in [0.25, 0.3) is 0 Å². The van der Waals surface area contributed by atoms with E-state index in [-0.39, 0.29) is 35.6 Å². The maximum Gasteiger partial charge on any atom is 0.270 e. The van der Waals surface area contributed by atoms with Crippen molar-refractivity contribution in [2.24, 2.45) is 11.7 Å². The molecule has 1 aliphatic carbocycles. The van der Waals surface area contributed by atoms with Crippen LogP contribution in [-0.4, -0.2) is 47.4 Å². The summed E-state index contributed by atoms with van der Waals surface area (Å²) in [5.41, 5.74) is 5.98. The molecule has 0 aromatic heterocycles. The number of benzene rings is 1. The number of nitrogens with one attached hydrogen (secondary N) is 2. The zero-order valence-electron chi connectivity index (χ0n) is 15.1. The van der Waals surface area contributed by atoms with Crippen molar-refractivity contribution >= 4 is 41.7 Å². The predicted molar refractivity (Wildman–Crippen MR) is 108 cm³/mol. The van der Waals surface area contributed by atoms with Crippen molar-refractivity contribution in [1.82, 2.24) is 10.6 Å². The molecule has 0 radical (unpaired) electrons. The second-order valence-corrected chi connectivity index (χ2v) is 7.35. The van der Waals surface area contributed by atoms with E-state index in [2.05, 4.69) is 10.6 Å². The first-order chi connectivity index (χ1) is 12.4. The third-order valence-electron chi connectivity index (χ3n) is 4.29. The van der Waals surface area contributed by atoms with E-state index >= 15 is 0 Å². The van der Waals surface area contributed by atoms with Crippen molar-refractivity contribution in [3.05, 3.63) is 39.9 Å². The highest BCUT2D eigenvalue weighted by Crippen LogP contribution is 2.31. The quantitative estimate of drug-likeness (QED) is 0.393. The Morgan fingerprint density at radius 3 is 2.70 bits per heavy atom. The molecular weight excluding hydrogens is 392 g/mol. The van der Waals surface area contributed by atoms with Gasteiger partial charge in [-0.15, -0.1) is 12.4 Å². The summed E-state index contributed by atoms with van der Waals surface area (Å²) in [6.45, 7) is 0.381. The Kier molecular flexibility index (Phi) is 9.54. The molecule has 4 N–H and O–H groups in total. The number of nitrogens with zero attached hydrogens (tertiary/aromatic N) is 1. The van der Waals surface area contributed by atoms with Gasteiger partial charge in [-0.1, -0.05) is 6.07 Å². The number of carbonyl (C=O) groups is 2. The summed E-state index contributed by atoms with van der Waals surface area (Å²) in [5.74, 6) is 0.372. The molecular formula is C17H25ClN4O4S. The van der Waals surface area contributed by atoms with E-state index in [1.54, 1.807) is 11.8 Å². The molecule has 2 amide bonds. The van der Waals surface area contributed by atoms with Gasteiger partial charge in [-0.2, -0.15) is 11.8 Å². The maximum atomic E-state index is 12.4. The summed E-state index contributed by atoms with van der Waals surface area (Å²) >= 11 is 1.57. The minimum Gasteiger partial charge on any atom is -0.353 e. The summed E-state index contributed by atoms with van der Waals surface area (Å²) in [5, 5.41) is 16.3. The molecule has 1 aromatic carbocycles. The lowest BCUT2D eigenvalue weighted by molar-refractivity contribution is -0.384. The molecule has 1 fully saturated rings. The van der Waals surface area contributed by atoms with Crippen LogP contribution in [0.1, 0.15) is 29.6 Å². The van der Waals surface area contributed by atoms with Crippen LogP contribution in [0, 0.1) is 16.0 Å². The second-order valence-electron chi connectivity index (χ2n) is 6.36. The Morgan fingerprint density at radius 1 is 1.41 bits per heavy atom. The highest BCUT2D eigenvalue weighted by molar-refractivity contribution is 7.98. The monoisotopic (exact) mass is 416 g/mol. The smallest absolute Gasteiger partial charge is 0.270 e. The molecule has 0 heterocycles. The van der Waals surface area contributed by atoms with Gasteiger partial charge in [-0.25, -0.2) is 0 Å². The molecule has 2 atom stereocenters. The first-order valence-electron chi connectivity index (χ1n) is 8.50. The van der Waals surface area contributed by atoms with Gasteiger partial charge in [-0.3, -0.25) is 19.7 Å². The highest BCUT2D eigenvalue weighted by Gasteiger charge is 2.29. The van der Waals surface area contributed by atoms with Gasteiger partial charge >= 0.3 is 0 Å². The Bertz CT molecular complexity index is 672. The lowest BCUT2D eigenvalue weighted by atomic mass is 10.1. The van der Waals surface area contributed by atoms with Crippen molar-refractivity contribution in [2.75, 3.05) is 18.6 Å². The van der Waals surface area contributed by atoms with E-state index in [1.807, 2.05) is 6.26 Å². The van der Waals surface area contributed by atoms with E-state index in [9.17, 15) is 19.7 Å². The van der Waals surface area contributed by atoms with Crippen LogP contribution in [0.4, 0.5) is 5.69 Å². The van der Waals surface area contributed by atoms with Crippen molar-refractivity contribution in [1.29, 1.82) is 0 Å². The molecule has 1 aliphatic rings. The van der Waals surface area contributed by atoms with Crippen LogP contribution in [0.15, 0.2) is 24.3 Å². The van der Waals surface area contributed by atoms with Gasteiger partial charge in [0.1, 0.15) is 6.04 Å². The van der Waals surface area contributed by atoms with Gasteiger partial charge in [0, 0.05) is 30.3 Å². The lowest BCUT2D eigenvalue weighted by Gasteiger charge is -2.20. The first-order valence-corrected chi connectivity index (χ1v) is 9.89. The van der Waals surface area contributed by atoms with Gasteiger partial charge in [0.15, 0.2) is 0 Å². The number of hydrogen-bond donors (Lipinski definition) is 3. The zero-order valence-corrected chi connectivity index (χ0v) is 16.7. The average Bonchev–Trinajstić information content (AvgIpc) is 3.48. The lowest BCUT2D eigenvalue weighted by Crippen LogP contribution is -2.49. The summed E-state index contributed by atoms with van der Waals surface area (Å²) in [6.07, 6.45) is 4.57. The van der Waals surface area contributed by atoms with Crippen LogP contribution >= 0.6 is 24.2 Å². The first kappa shape index (κ1) is 23.2. The summed E-state index contributed by atoms with van der Waals surface area (Å²) in [6, 6.07) is 4.66. The minimum absolute atomic E-state index is 0.